The zero-order chi connectivity index (χ0) is 8.85. The molecule has 1 rings (SSSR count). The van der Waals surface area contributed by atoms with E-state index in [2.05, 4.69) is 0 Å². The minimum atomic E-state index is -0.933. The van der Waals surface area contributed by atoms with Crippen molar-refractivity contribution in [2.45, 2.75) is 25.0 Å². The fourth-order valence-corrected chi connectivity index (χ4v) is 0.860. The molecule has 2 atom stereocenters. The van der Waals surface area contributed by atoms with Crippen LogP contribution in [0.25, 0.3) is 0 Å². The highest BCUT2D eigenvalue weighted by Crippen LogP contribution is 2.33. The van der Waals surface area contributed by atoms with Gasteiger partial charge in [0.25, 0.3) is 0 Å². The molecule has 0 radical (unpaired) electrons. The summed E-state index contributed by atoms with van der Waals surface area (Å²) in [4.78, 5) is 8.00. The summed E-state index contributed by atoms with van der Waals surface area (Å²) >= 11 is 0. The molecule has 0 spiro atoms. The molecule has 0 saturated heterocycles. The first-order valence-electron chi connectivity index (χ1n) is 3.51. The summed E-state index contributed by atoms with van der Waals surface area (Å²) < 4.78 is 0. The molecule has 1 fully saturated rings. The molecule has 1 saturated carbocycles. The molecule has 1 aliphatic rings. The largest absolute Gasteiger partial charge is 0.394 e. The summed E-state index contributed by atoms with van der Waals surface area (Å²) in [6.45, 7) is 1.66. The van der Waals surface area contributed by atoms with Gasteiger partial charge >= 0.3 is 0 Å². The summed E-state index contributed by atoms with van der Waals surface area (Å²) in [7, 11) is 0. The van der Waals surface area contributed by atoms with Crippen molar-refractivity contribution < 1.29 is 20.1 Å². The van der Waals surface area contributed by atoms with Crippen molar-refractivity contribution in [1.82, 2.24) is 0 Å². The fourth-order valence-electron chi connectivity index (χ4n) is 0.860. The predicted molar refractivity (Wildman–Crippen MR) is 38.9 cm³/mol. The number of aliphatic hydroxyl groups excluding tert-OH is 3. The van der Waals surface area contributed by atoms with E-state index in [-0.39, 0.29) is 12.5 Å². The van der Waals surface area contributed by atoms with Gasteiger partial charge in [-0.25, -0.2) is 0 Å². The third kappa shape index (κ3) is 3.46. The third-order valence-electron chi connectivity index (χ3n) is 1.69. The van der Waals surface area contributed by atoms with Crippen molar-refractivity contribution in [3.05, 3.63) is 0 Å². The SMILES string of the molecule is C=O.OCC(O)C(O)C1CC1. The molecule has 66 valence electrons. The molecule has 0 aliphatic heterocycles. The predicted octanol–water partition coefficient (Wildman–Crippen LogP) is -1.07. The molecule has 11 heavy (non-hydrogen) atoms. The molecular formula is C7H14O4. The summed E-state index contributed by atoms with van der Waals surface area (Å²) in [5.41, 5.74) is 0. The molecule has 4 heteroatoms. The lowest BCUT2D eigenvalue weighted by atomic mass is 10.1. The highest BCUT2D eigenvalue weighted by molar-refractivity contribution is 5.10. The van der Waals surface area contributed by atoms with Crippen LogP contribution in [0.4, 0.5) is 0 Å². The van der Waals surface area contributed by atoms with Crippen LogP contribution >= 0.6 is 0 Å². The molecule has 0 amide bonds. The Balaban J connectivity index is 0.000000461. The Morgan fingerprint density at radius 2 is 1.82 bits per heavy atom. The highest BCUT2D eigenvalue weighted by atomic mass is 16.4. The average Bonchev–Trinajstić information content (AvgIpc) is 2.88. The second-order valence-corrected chi connectivity index (χ2v) is 2.58. The van der Waals surface area contributed by atoms with Gasteiger partial charge in [0, 0.05) is 0 Å². The molecule has 0 bridgehead atoms. The van der Waals surface area contributed by atoms with Gasteiger partial charge in [-0.3, -0.25) is 0 Å². The Morgan fingerprint density at radius 1 is 1.36 bits per heavy atom. The van der Waals surface area contributed by atoms with Crippen molar-refractivity contribution in [3.63, 3.8) is 0 Å². The van der Waals surface area contributed by atoms with Crippen molar-refractivity contribution in [3.8, 4) is 0 Å². The van der Waals surface area contributed by atoms with E-state index < -0.39 is 12.2 Å². The zero-order valence-electron chi connectivity index (χ0n) is 6.31. The maximum Gasteiger partial charge on any atom is 0.106 e. The van der Waals surface area contributed by atoms with Gasteiger partial charge in [0.15, 0.2) is 0 Å². The molecule has 0 heterocycles. The standard InChI is InChI=1S/C6H12O3.CH2O/c7-3-5(8)6(9)4-1-2-4;1-2/h4-9H,1-3H2;1H2. The zero-order valence-corrected chi connectivity index (χ0v) is 6.31. The summed E-state index contributed by atoms with van der Waals surface area (Å²) in [5, 5.41) is 26.3. The third-order valence-corrected chi connectivity index (χ3v) is 1.69. The van der Waals surface area contributed by atoms with Crippen molar-refractivity contribution in [2.24, 2.45) is 5.92 Å². The van der Waals surface area contributed by atoms with Crippen molar-refractivity contribution in [2.75, 3.05) is 6.61 Å². The van der Waals surface area contributed by atoms with Gasteiger partial charge in [0.1, 0.15) is 12.9 Å². The van der Waals surface area contributed by atoms with Crippen LogP contribution in [0.1, 0.15) is 12.8 Å². The van der Waals surface area contributed by atoms with E-state index in [0.717, 1.165) is 12.8 Å². The van der Waals surface area contributed by atoms with E-state index in [0.29, 0.717) is 0 Å². The van der Waals surface area contributed by atoms with Gasteiger partial charge in [-0.05, 0) is 18.8 Å². The minimum Gasteiger partial charge on any atom is -0.394 e. The van der Waals surface area contributed by atoms with E-state index in [1.807, 2.05) is 6.79 Å². The van der Waals surface area contributed by atoms with Gasteiger partial charge in [-0.2, -0.15) is 0 Å². The fraction of sp³-hybridized carbons (Fsp3) is 0.857. The second kappa shape index (κ2) is 5.23. The summed E-state index contributed by atoms with van der Waals surface area (Å²) in [5.74, 6) is 0.243. The Labute approximate surface area is 65.5 Å². The van der Waals surface area contributed by atoms with Crippen LogP contribution in [-0.2, 0) is 4.79 Å². The van der Waals surface area contributed by atoms with Crippen LogP contribution < -0.4 is 0 Å². The van der Waals surface area contributed by atoms with E-state index in [1.165, 1.54) is 0 Å². The van der Waals surface area contributed by atoms with Crippen LogP contribution in [-0.4, -0.2) is 40.9 Å². The monoisotopic (exact) mass is 162 g/mol. The maximum absolute atomic E-state index is 9.05. The van der Waals surface area contributed by atoms with Crippen LogP contribution in [0.2, 0.25) is 0 Å². The number of hydrogen-bond donors (Lipinski definition) is 3. The smallest absolute Gasteiger partial charge is 0.106 e. The quantitative estimate of drug-likeness (QED) is 0.493. The molecule has 2 unspecified atom stereocenters. The number of rotatable bonds is 3. The summed E-state index contributed by atoms with van der Waals surface area (Å²) in [6, 6.07) is 0. The van der Waals surface area contributed by atoms with Crippen molar-refractivity contribution >= 4 is 6.79 Å². The lowest BCUT2D eigenvalue weighted by Gasteiger charge is -2.13. The van der Waals surface area contributed by atoms with E-state index in [1.54, 1.807) is 0 Å². The van der Waals surface area contributed by atoms with Gasteiger partial charge in [0.2, 0.25) is 0 Å². The topological polar surface area (TPSA) is 77.8 Å². The molecule has 0 aromatic carbocycles. The Kier molecular flexibility index (Phi) is 5.02. The Hall–Kier alpha value is -0.450. The Bertz CT molecular complexity index is 103. The van der Waals surface area contributed by atoms with Crippen LogP contribution in [0.3, 0.4) is 0 Å². The summed E-state index contributed by atoms with van der Waals surface area (Å²) in [6.07, 6.45) is 0.337. The average molecular weight is 162 g/mol. The number of aliphatic hydroxyl groups is 3. The van der Waals surface area contributed by atoms with Crippen LogP contribution in [0.15, 0.2) is 0 Å². The van der Waals surface area contributed by atoms with E-state index in [4.69, 9.17) is 20.1 Å². The second-order valence-electron chi connectivity index (χ2n) is 2.58. The van der Waals surface area contributed by atoms with Gasteiger partial charge in [-0.15, -0.1) is 0 Å². The lowest BCUT2D eigenvalue weighted by molar-refractivity contribution is -0.0979. The molecule has 4 nitrogen and oxygen atoms in total. The van der Waals surface area contributed by atoms with Crippen LogP contribution in [0.5, 0.6) is 0 Å². The van der Waals surface area contributed by atoms with Crippen LogP contribution in [0, 0.1) is 5.92 Å². The van der Waals surface area contributed by atoms with Gasteiger partial charge < -0.3 is 20.1 Å². The number of carbonyl (C=O) groups is 1. The first-order chi connectivity index (χ1) is 5.25. The molecule has 1 aliphatic carbocycles. The molecular weight excluding hydrogens is 148 g/mol. The highest BCUT2D eigenvalue weighted by Gasteiger charge is 2.33. The number of hydrogen-bond acceptors (Lipinski definition) is 4. The van der Waals surface area contributed by atoms with E-state index in [9.17, 15) is 0 Å². The van der Waals surface area contributed by atoms with Gasteiger partial charge in [-0.1, -0.05) is 0 Å². The normalized spacial score (nSPS) is 21.4. The van der Waals surface area contributed by atoms with Crippen molar-refractivity contribution in [1.29, 1.82) is 0 Å². The first-order valence-corrected chi connectivity index (χ1v) is 3.51. The minimum absolute atomic E-state index is 0.243. The Morgan fingerprint density at radius 3 is 2.09 bits per heavy atom. The lowest BCUT2D eigenvalue weighted by Crippen LogP contribution is -2.30. The maximum atomic E-state index is 9.05. The van der Waals surface area contributed by atoms with E-state index >= 15 is 0 Å². The molecule has 0 aromatic heterocycles. The first kappa shape index (κ1) is 10.6. The molecule has 0 aromatic rings. The number of carbonyl (C=O) groups excluding carboxylic acids is 1. The molecule has 3 N–H and O–H groups in total. The van der Waals surface area contributed by atoms with Gasteiger partial charge in [0.05, 0.1) is 12.7 Å².